The van der Waals surface area contributed by atoms with Gasteiger partial charge in [-0.1, -0.05) is 38.8 Å². The summed E-state index contributed by atoms with van der Waals surface area (Å²) in [6.07, 6.45) is 5.21. The van der Waals surface area contributed by atoms with E-state index < -0.39 is 0 Å². The van der Waals surface area contributed by atoms with Crippen LogP contribution in [0, 0.1) is 12.3 Å². The predicted octanol–water partition coefficient (Wildman–Crippen LogP) is 3.89. The summed E-state index contributed by atoms with van der Waals surface area (Å²) in [4.78, 5) is 12.3. The Kier molecular flexibility index (Phi) is 5.55. The van der Waals surface area contributed by atoms with Gasteiger partial charge in [0.1, 0.15) is 18.1 Å². The van der Waals surface area contributed by atoms with Crippen LogP contribution in [0.2, 0.25) is 0 Å². The van der Waals surface area contributed by atoms with Crippen LogP contribution in [-0.4, -0.2) is 29.3 Å². The first-order valence-corrected chi connectivity index (χ1v) is 8.94. The lowest BCUT2D eigenvalue weighted by Crippen LogP contribution is -2.20. The normalized spacial score (nSPS) is 11.1. The number of rotatable bonds is 6. The van der Waals surface area contributed by atoms with Crippen molar-refractivity contribution < 1.29 is 14.3 Å². The van der Waals surface area contributed by atoms with Crippen LogP contribution in [0.1, 0.15) is 26.3 Å². The lowest BCUT2D eigenvalue weighted by Gasteiger charge is -2.19. The molecule has 2 aromatic carbocycles. The van der Waals surface area contributed by atoms with E-state index in [2.05, 4.69) is 42.2 Å². The fraction of sp³-hybridized carbons (Fsp3) is 0.273. The van der Waals surface area contributed by atoms with Crippen LogP contribution in [-0.2, 0) is 10.2 Å². The molecule has 28 heavy (non-hydrogen) atoms. The van der Waals surface area contributed by atoms with Crippen molar-refractivity contribution in [2.24, 2.45) is 0 Å². The second-order valence-electron chi connectivity index (χ2n) is 7.38. The number of hydrogen-bond donors (Lipinski definition) is 2. The Labute approximate surface area is 164 Å². The molecule has 0 radical (unpaired) electrons. The van der Waals surface area contributed by atoms with Crippen molar-refractivity contribution in [1.29, 1.82) is 0 Å². The number of carbonyl (C=O) groups excluding carboxylic acids is 1. The van der Waals surface area contributed by atoms with E-state index in [4.69, 9.17) is 15.9 Å². The van der Waals surface area contributed by atoms with Crippen LogP contribution >= 0.6 is 0 Å². The molecule has 6 heteroatoms. The first-order valence-electron chi connectivity index (χ1n) is 8.94. The van der Waals surface area contributed by atoms with Crippen molar-refractivity contribution in [2.45, 2.75) is 26.2 Å². The maximum Gasteiger partial charge on any atom is 0.263 e. The van der Waals surface area contributed by atoms with E-state index in [1.165, 1.54) is 5.56 Å². The molecule has 3 rings (SSSR count). The summed E-state index contributed by atoms with van der Waals surface area (Å²) in [5.41, 5.74) is 2.05. The van der Waals surface area contributed by atoms with Gasteiger partial charge in [-0.15, -0.1) is 6.42 Å². The van der Waals surface area contributed by atoms with E-state index in [0.29, 0.717) is 17.3 Å². The summed E-state index contributed by atoms with van der Waals surface area (Å²) in [6, 6.07) is 13.1. The summed E-state index contributed by atoms with van der Waals surface area (Å²) in [5, 5.41) is 10.5. The minimum atomic E-state index is -0.303. The van der Waals surface area contributed by atoms with Crippen molar-refractivity contribution in [3.8, 4) is 23.8 Å². The number of fused-ring (bicyclic) bond motifs is 1. The van der Waals surface area contributed by atoms with Crippen molar-refractivity contribution in [2.75, 3.05) is 18.5 Å². The quantitative estimate of drug-likeness (QED) is 0.639. The lowest BCUT2D eigenvalue weighted by molar-refractivity contribution is -0.118. The second-order valence-corrected chi connectivity index (χ2v) is 7.38. The van der Waals surface area contributed by atoms with Gasteiger partial charge in [0.15, 0.2) is 12.4 Å². The summed E-state index contributed by atoms with van der Waals surface area (Å²) in [5.74, 6) is 3.78. The average Bonchev–Trinajstić information content (AvgIpc) is 3.06. The molecule has 0 aliphatic rings. The number of carbonyl (C=O) groups is 1. The topological polar surface area (TPSA) is 76.2 Å². The van der Waals surface area contributed by atoms with Crippen LogP contribution in [0.25, 0.3) is 10.9 Å². The highest BCUT2D eigenvalue weighted by Crippen LogP contribution is 2.26. The van der Waals surface area contributed by atoms with E-state index in [0.717, 1.165) is 10.9 Å². The molecule has 1 amide bonds. The van der Waals surface area contributed by atoms with Gasteiger partial charge in [-0.3, -0.25) is 9.89 Å². The number of aromatic amines is 1. The largest absolute Gasteiger partial charge is 0.484 e. The summed E-state index contributed by atoms with van der Waals surface area (Å²) in [6.45, 7) is 6.50. The zero-order chi connectivity index (χ0) is 20.1. The highest BCUT2D eigenvalue weighted by atomic mass is 16.5. The smallest absolute Gasteiger partial charge is 0.263 e. The van der Waals surface area contributed by atoms with Gasteiger partial charge in [0.05, 0.1) is 5.52 Å². The summed E-state index contributed by atoms with van der Waals surface area (Å²) < 4.78 is 11.0. The minimum absolute atomic E-state index is 0.0691. The highest BCUT2D eigenvalue weighted by Gasteiger charge is 2.14. The third-order valence-electron chi connectivity index (χ3n) is 4.20. The standard InChI is InChI=1S/C22H23N3O3/c1-5-12-27-17-10-11-19-18(13-17)21(25-24-19)23-20(26)14-28-16-8-6-15(7-9-16)22(2,3)4/h1,6-11,13H,12,14H2,2-4H3,(H2,23,24,25,26). The Morgan fingerprint density at radius 3 is 2.54 bits per heavy atom. The molecule has 0 aliphatic carbocycles. The predicted molar refractivity (Wildman–Crippen MR) is 110 cm³/mol. The third-order valence-corrected chi connectivity index (χ3v) is 4.20. The van der Waals surface area contributed by atoms with Gasteiger partial charge in [0, 0.05) is 5.39 Å². The Balaban J connectivity index is 1.62. The molecular weight excluding hydrogens is 354 g/mol. The number of H-pyrrole nitrogens is 1. The van der Waals surface area contributed by atoms with Gasteiger partial charge < -0.3 is 14.8 Å². The molecular formula is C22H23N3O3. The first-order chi connectivity index (χ1) is 13.4. The van der Waals surface area contributed by atoms with Gasteiger partial charge in [0.25, 0.3) is 5.91 Å². The number of anilines is 1. The van der Waals surface area contributed by atoms with Crippen LogP contribution in [0.4, 0.5) is 5.82 Å². The molecule has 0 spiro atoms. The minimum Gasteiger partial charge on any atom is -0.484 e. The van der Waals surface area contributed by atoms with Crippen molar-refractivity contribution in [1.82, 2.24) is 10.2 Å². The Morgan fingerprint density at radius 2 is 1.86 bits per heavy atom. The monoisotopic (exact) mass is 377 g/mol. The van der Waals surface area contributed by atoms with Gasteiger partial charge in [0.2, 0.25) is 0 Å². The Morgan fingerprint density at radius 1 is 1.14 bits per heavy atom. The molecule has 6 nitrogen and oxygen atoms in total. The summed E-state index contributed by atoms with van der Waals surface area (Å²) >= 11 is 0. The van der Waals surface area contributed by atoms with Crippen LogP contribution in [0.5, 0.6) is 11.5 Å². The zero-order valence-corrected chi connectivity index (χ0v) is 16.2. The Hall–Kier alpha value is -3.46. The second kappa shape index (κ2) is 8.05. The fourth-order valence-corrected chi connectivity index (χ4v) is 2.67. The van der Waals surface area contributed by atoms with E-state index in [-0.39, 0.29) is 24.5 Å². The number of aromatic nitrogens is 2. The van der Waals surface area contributed by atoms with E-state index in [1.54, 1.807) is 12.1 Å². The van der Waals surface area contributed by atoms with Crippen molar-refractivity contribution in [3.63, 3.8) is 0 Å². The van der Waals surface area contributed by atoms with Crippen LogP contribution in [0.15, 0.2) is 42.5 Å². The maximum absolute atomic E-state index is 12.3. The number of ether oxygens (including phenoxy) is 2. The molecule has 0 unspecified atom stereocenters. The number of nitrogens with one attached hydrogen (secondary N) is 2. The molecule has 0 saturated heterocycles. The molecule has 2 N–H and O–H groups in total. The molecule has 0 bridgehead atoms. The first kappa shape index (κ1) is 19.3. The van der Waals surface area contributed by atoms with E-state index in [1.807, 2.05) is 30.3 Å². The highest BCUT2D eigenvalue weighted by molar-refractivity contribution is 6.00. The van der Waals surface area contributed by atoms with Crippen molar-refractivity contribution >= 4 is 22.6 Å². The van der Waals surface area contributed by atoms with Crippen LogP contribution < -0.4 is 14.8 Å². The molecule has 0 fully saturated rings. The molecule has 3 aromatic rings. The van der Waals surface area contributed by atoms with E-state index >= 15 is 0 Å². The van der Waals surface area contributed by atoms with Gasteiger partial charge in [-0.2, -0.15) is 5.10 Å². The van der Waals surface area contributed by atoms with Gasteiger partial charge in [-0.05, 0) is 41.3 Å². The SMILES string of the molecule is C#CCOc1ccc2[nH]nc(NC(=O)COc3ccc(C(C)(C)C)cc3)c2c1. The van der Waals surface area contributed by atoms with Crippen LogP contribution in [0.3, 0.4) is 0 Å². The molecule has 0 aliphatic heterocycles. The Bertz CT molecular complexity index is 1010. The van der Waals surface area contributed by atoms with Gasteiger partial charge >= 0.3 is 0 Å². The van der Waals surface area contributed by atoms with Crippen molar-refractivity contribution in [3.05, 3.63) is 48.0 Å². The number of amides is 1. The molecule has 0 atom stereocenters. The fourth-order valence-electron chi connectivity index (χ4n) is 2.67. The molecule has 144 valence electrons. The maximum atomic E-state index is 12.3. The molecule has 1 heterocycles. The number of nitrogens with zero attached hydrogens (tertiary/aromatic N) is 1. The lowest BCUT2D eigenvalue weighted by atomic mass is 9.87. The van der Waals surface area contributed by atoms with E-state index in [9.17, 15) is 4.79 Å². The average molecular weight is 377 g/mol. The third kappa shape index (κ3) is 4.63. The van der Waals surface area contributed by atoms with Gasteiger partial charge in [-0.25, -0.2) is 0 Å². The number of terminal acetylenes is 1. The molecule has 1 aromatic heterocycles. The number of hydrogen-bond acceptors (Lipinski definition) is 4. The summed E-state index contributed by atoms with van der Waals surface area (Å²) in [7, 11) is 0. The zero-order valence-electron chi connectivity index (χ0n) is 16.2. The number of benzene rings is 2. The molecule has 0 saturated carbocycles.